The van der Waals surface area contributed by atoms with Crippen molar-refractivity contribution in [2.45, 2.75) is 58.3 Å². The smallest absolute Gasteiger partial charge is 0.106 e. The molecule has 3 rings (SSSR count). The van der Waals surface area contributed by atoms with Gasteiger partial charge in [-0.1, -0.05) is 51.5 Å². The molecule has 1 aliphatic carbocycles. The number of carbonyl (C=O) groups is 2. The molecule has 0 bridgehead atoms. The van der Waals surface area contributed by atoms with Crippen LogP contribution in [0.4, 0.5) is 11.4 Å². The molecule has 2 aliphatic rings. The minimum absolute atomic E-state index is 0.855. The summed E-state index contributed by atoms with van der Waals surface area (Å²) in [6, 6.07) is 8.22. The highest BCUT2D eigenvalue weighted by Gasteiger charge is 2.16. The summed E-state index contributed by atoms with van der Waals surface area (Å²) in [7, 11) is 4.29. The van der Waals surface area contributed by atoms with Crippen molar-refractivity contribution in [3.05, 3.63) is 24.3 Å². The number of carbonyl (C=O) groups excluding carboxylic acids is 2. The van der Waals surface area contributed by atoms with Crippen LogP contribution in [0.2, 0.25) is 0 Å². The van der Waals surface area contributed by atoms with Crippen molar-refractivity contribution in [1.29, 1.82) is 0 Å². The molecule has 1 aromatic carbocycles. The molecule has 1 saturated heterocycles. The number of nitrogen functional groups attached to an aromatic ring is 1. The van der Waals surface area contributed by atoms with Crippen LogP contribution >= 0.6 is 0 Å². The number of nitrogens with two attached hydrogens (primary N) is 1. The SMILES string of the molecule is C=O.C=O.CCC1CCCCC1.CN(C)CCCCN1CCN(c2cccc(N)c2)CC1. The standard InChI is InChI=1S/C16H28N4.C8H16.2CH2O/c1-18(2)8-3-4-9-19-10-12-20(13-11-19)16-7-5-6-15(17)14-16;1-2-8-6-4-3-5-7-8;2*1-2/h5-7,14H,3-4,8-13,17H2,1-2H3;8H,2-7H2,1H3;2*1H2. The van der Waals surface area contributed by atoms with Crippen molar-refractivity contribution < 1.29 is 9.59 Å². The quantitative estimate of drug-likeness (QED) is 0.494. The zero-order chi connectivity index (χ0) is 24.2. The number of hydrogen-bond donors (Lipinski definition) is 1. The molecule has 0 amide bonds. The molecule has 0 radical (unpaired) electrons. The summed E-state index contributed by atoms with van der Waals surface area (Å²) in [4.78, 5) is 23.3. The largest absolute Gasteiger partial charge is 0.399 e. The molecule has 0 spiro atoms. The highest BCUT2D eigenvalue weighted by atomic mass is 16.1. The van der Waals surface area contributed by atoms with Gasteiger partial charge in [-0.3, -0.25) is 4.90 Å². The Labute approximate surface area is 197 Å². The summed E-state index contributed by atoms with van der Waals surface area (Å²) < 4.78 is 0. The summed E-state index contributed by atoms with van der Waals surface area (Å²) in [5.41, 5.74) is 7.97. The minimum Gasteiger partial charge on any atom is -0.399 e. The van der Waals surface area contributed by atoms with Crippen LogP contribution in [0.3, 0.4) is 0 Å². The molecule has 2 N–H and O–H groups in total. The Morgan fingerprint density at radius 1 is 0.969 bits per heavy atom. The van der Waals surface area contributed by atoms with E-state index in [1.165, 1.54) is 70.1 Å². The third-order valence-electron chi connectivity index (χ3n) is 6.24. The Hall–Kier alpha value is -1.92. The third kappa shape index (κ3) is 13.5. The van der Waals surface area contributed by atoms with Gasteiger partial charge in [0.25, 0.3) is 0 Å². The van der Waals surface area contributed by atoms with Gasteiger partial charge in [-0.25, -0.2) is 0 Å². The Morgan fingerprint density at radius 3 is 2.09 bits per heavy atom. The molecule has 184 valence electrons. The predicted octanol–water partition coefficient (Wildman–Crippen LogP) is 4.34. The molecule has 6 heteroatoms. The first kappa shape index (κ1) is 30.1. The van der Waals surface area contributed by atoms with Crippen molar-refractivity contribution >= 4 is 25.0 Å². The molecule has 1 saturated carbocycles. The van der Waals surface area contributed by atoms with Crippen molar-refractivity contribution in [3.8, 4) is 0 Å². The van der Waals surface area contributed by atoms with Crippen molar-refractivity contribution in [3.63, 3.8) is 0 Å². The Kier molecular flexibility index (Phi) is 18.6. The van der Waals surface area contributed by atoms with Crippen LogP contribution in [-0.4, -0.2) is 76.7 Å². The van der Waals surface area contributed by atoms with E-state index in [1.54, 1.807) is 0 Å². The van der Waals surface area contributed by atoms with Crippen LogP contribution in [0.15, 0.2) is 24.3 Å². The highest BCUT2D eigenvalue weighted by Crippen LogP contribution is 2.25. The molecular weight excluding hydrogens is 400 g/mol. The van der Waals surface area contributed by atoms with Gasteiger partial charge in [-0.15, -0.1) is 0 Å². The van der Waals surface area contributed by atoms with Crippen molar-refractivity contribution in [2.24, 2.45) is 5.92 Å². The summed E-state index contributed by atoms with van der Waals surface area (Å²) in [5.74, 6) is 1.09. The fraction of sp³-hybridized carbons (Fsp3) is 0.692. The number of benzene rings is 1. The number of nitrogens with zero attached hydrogens (tertiary/aromatic N) is 3. The van der Waals surface area contributed by atoms with Crippen LogP contribution in [0, 0.1) is 5.92 Å². The van der Waals surface area contributed by atoms with E-state index in [0.717, 1.165) is 37.8 Å². The van der Waals surface area contributed by atoms with E-state index in [1.807, 2.05) is 25.7 Å². The first-order valence-electron chi connectivity index (χ1n) is 12.1. The lowest BCUT2D eigenvalue weighted by Crippen LogP contribution is -2.46. The lowest BCUT2D eigenvalue weighted by atomic mass is 9.88. The van der Waals surface area contributed by atoms with E-state index in [4.69, 9.17) is 15.3 Å². The van der Waals surface area contributed by atoms with Gasteiger partial charge in [-0.05, 0) is 64.1 Å². The van der Waals surface area contributed by atoms with Crippen LogP contribution in [0.25, 0.3) is 0 Å². The second kappa shape index (κ2) is 19.7. The van der Waals surface area contributed by atoms with Gasteiger partial charge in [-0.2, -0.15) is 0 Å². The van der Waals surface area contributed by atoms with Gasteiger partial charge >= 0.3 is 0 Å². The molecule has 1 aromatic rings. The van der Waals surface area contributed by atoms with Gasteiger partial charge < -0.3 is 25.1 Å². The van der Waals surface area contributed by atoms with Gasteiger partial charge in [0.05, 0.1) is 0 Å². The van der Waals surface area contributed by atoms with E-state index in [-0.39, 0.29) is 0 Å². The molecule has 0 aromatic heterocycles. The zero-order valence-electron chi connectivity index (χ0n) is 20.9. The second-order valence-electron chi connectivity index (χ2n) is 8.85. The average molecular weight is 449 g/mol. The van der Waals surface area contributed by atoms with E-state index in [0.29, 0.717) is 0 Å². The monoisotopic (exact) mass is 448 g/mol. The molecule has 0 atom stereocenters. The van der Waals surface area contributed by atoms with Gasteiger partial charge in [0.15, 0.2) is 0 Å². The van der Waals surface area contributed by atoms with Crippen molar-refractivity contribution in [1.82, 2.24) is 9.80 Å². The minimum atomic E-state index is 0.855. The van der Waals surface area contributed by atoms with Crippen LogP contribution < -0.4 is 10.6 Å². The molecule has 1 aliphatic heterocycles. The fourth-order valence-corrected chi connectivity index (χ4v) is 4.31. The lowest BCUT2D eigenvalue weighted by molar-refractivity contribution is -0.0987. The van der Waals surface area contributed by atoms with Gasteiger partial charge in [0.2, 0.25) is 0 Å². The number of unbranched alkanes of at least 4 members (excludes halogenated alkanes) is 1. The fourth-order valence-electron chi connectivity index (χ4n) is 4.31. The number of anilines is 2. The second-order valence-corrected chi connectivity index (χ2v) is 8.85. The van der Waals surface area contributed by atoms with Crippen LogP contribution in [-0.2, 0) is 9.59 Å². The normalized spacial score (nSPS) is 16.7. The molecule has 1 heterocycles. The van der Waals surface area contributed by atoms with E-state index in [9.17, 15) is 0 Å². The maximum atomic E-state index is 8.00. The number of rotatable bonds is 7. The molecule has 6 nitrogen and oxygen atoms in total. The predicted molar refractivity (Wildman–Crippen MR) is 138 cm³/mol. The maximum Gasteiger partial charge on any atom is 0.106 e. The molecule has 2 fully saturated rings. The number of piperazine rings is 1. The average Bonchev–Trinajstić information content (AvgIpc) is 2.85. The Balaban J connectivity index is 0.000000666. The van der Waals surface area contributed by atoms with E-state index < -0.39 is 0 Å². The first-order chi connectivity index (χ1) is 15.6. The first-order valence-corrected chi connectivity index (χ1v) is 12.1. The summed E-state index contributed by atoms with van der Waals surface area (Å²) in [5, 5.41) is 0. The molecule has 32 heavy (non-hydrogen) atoms. The van der Waals surface area contributed by atoms with E-state index >= 15 is 0 Å². The summed E-state index contributed by atoms with van der Waals surface area (Å²) in [6.07, 6.45) is 11.5. The summed E-state index contributed by atoms with van der Waals surface area (Å²) >= 11 is 0. The number of hydrogen-bond acceptors (Lipinski definition) is 6. The summed E-state index contributed by atoms with van der Waals surface area (Å²) in [6.45, 7) is 13.3. The van der Waals surface area contributed by atoms with Crippen molar-refractivity contribution in [2.75, 3.05) is 64.0 Å². The molecule has 0 unspecified atom stereocenters. The highest BCUT2D eigenvalue weighted by molar-refractivity contribution is 5.56. The topological polar surface area (TPSA) is 69.9 Å². The zero-order valence-corrected chi connectivity index (χ0v) is 20.9. The van der Waals surface area contributed by atoms with Crippen LogP contribution in [0.1, 0.15) is 58.3 Å². The third-order valence-corrected chi connectivity index (χ3v) is 6.24. The maximum absolute atomic E-state index is 8.00. The van der Waals surface area contributed by atoms with Gasteiger partial charge in [0.1, 0.15) is 13.6 Å². The Morgan fingerprint density at radius 2 is 1.59 bits per heavy atom. The molecular formula is C26H48N4O2. The lowest BCUT2D eigenvalue weighted by Gasteiger charge is -2.36. The Bertz CT molecular complexity index is 555. The van der Waals surface area contributed by atoms with Crippen LogP contribution in [0.5, 0.6) is 0 Å². The van der Waals surface area contributed by atoms with E-state index in [2.05, 4.69) is 47.9 Å². The van der Waals surface area contributed by atoms with Gasteiger partial charge in [0, 0.05) is 37.6 Å².